The predicted molar refractivity (Wildman–Crippen MR) is 65.8 cm³/mol. The van der Waals surface area contributed by atoms with Gasteiger partial charge in [-0.1, -0.05) is 17.3 Å². The monoisotopic (exact) mass is 249 g/mol. The number of hydrogen-bond acceptors (Lipinski definition) is 4. The van der Waals surface area contributed by atoms with Gasteiger partial charge in [-0.25, -0.2) is 4.39 Å². The Bertz CT molecular complexity index is 481. The van der Waals surface area contributed by atoms with Crippen molar-refractivity contribution in [3.8, 4) is 0 Å². The van der Waals surface area contributed by atoms with Gasteiger partial charge in [-0.15, -0.1) is 0 Å². The number of aryl methyl sites for hydroxylation is 1. The molecule has 0 atom stereocenters. The Morgan fingerprint density at radius 2 is 2.06 bits per heavy atom. The van der Waals surface area contributed by atoms with E-state index in [-0.39, 0.29) is 5.82 Å². The summed E-state index contributed by atoms with van der Waals surface area (Å²) >= 11 is 0. The first kappa shape index (κ1) is 12.7. The SMILES string of the molecule is CNCCCc1noc(Cc2ccc(F)cc2)n1. The van der Waals surface area contributed by atoms with Crippen molar-refractivity contribution in [3.05, 3.63) is 47.4 Å². The van der Waals surface area contributed by atoms with Gasteiger partial charge in [0, 0.05) is 6.42 Å². The maximum absolute atomic E-state index is 12.7. The molecule has 0 aliphatic heterocycles. The molecule has 0 radical (unpaired) electrons. The second-order valence-corrected chi connectivity index (χ2v) is 4.11. The number of nitrogens with zero attached hydrogens (tertiary/aromatic N) is 2. The lowest BCUT2D eigenvalue weighted by atomic mass is 10.1. The van der Waals surface area contributed by atoms with Crippen molar-refractivity contribution >= 4 is 0 Å². The first-order valence-electron chi connectivity index (χ1n) is 5.98. The van der Waals surface area contributed by atoms with Crippen LogP contribution in [-0.2, 0) is 12.8 Å². The molecule has 0 saturated heterocycles. The van der Waals surface area contributed by atoms with Gasteiger partial charge >= 0.3 is 0 Å². The molecule has 0 bridgehead atoms. The van der Waals surface area contributed by atoms with E-state index in [9.17, 15) is 4.39 Å². The maximum atomic E-state index is 12.7. The number of halogens is 1. The quantitative estimate of drug-likeness (QED) is 0.795. The van der Waals surface area contributed by atoms with Gasteiger partial charge in [0.1, 0.15) is 5.82 Å². The Morgan fingerprint density at radius 3 is 2.78 bits per heavy atom. The highest BCUT2D eigenvalue weighted by atomic mass is 19.1. The fraction of sp³-hybridized carbons (Fsp3) is 0.385. The fourth-order valence-corrected chi connectivity index (χ4v) is 1.66. The molecule has 2 rings (SSSR count). The fourth-order valence-electron chi connectivity index (χ4n) is 1.66. The molecule has 0 amide bonds. The van der Waals surface area contributed by atoms with E-state index >= 15 is 0 Å². The van der Waals surface area contributed by atoms with Crippen LogP contribution in [0.15, 0.2) is 28.8 Å². The molecule has 2 aromatic rings. The van der Waals surface area contributed by atoms with Gasteiger partial charge in [0.2, 0.25) is 5.89 Å². The summed E-state index contributed by atoms with van der Waals surface area (Å²) in [4.78, 5) is 4.30. The van der Waals surface area contributed by atoms with Crippen LogP contribution < -0.4 is 5.32 Å². The molecule has 96 valence electrons. The van der Waals surface area contributed by atoms with E-state index in [1.807, 2.05) is 7.05 Å². The molecule has 0 aliphatic rings. The zero-order valence-corrected chi connectivity index (χ0v) is 10.3. The summed E-state index contributed by atoms with van der Waals surface area (Å²) in [5.74, 6) is 1.06. The van der Waals surface area contributed by atoms with Gasteiger partial charge in [0.25, 0.3) is 0 Å². The number of nitrogens with one attached hydrogen (secondary N) is 1. The zero-order valence-electron chi connectivity index (χ0n) is 10.3. The van der Waals surface area contributed by atoms with Crippen molar-refractivity contribution in [3.63, 3.8) is 0 Å². The maximum Gasteiger partial charge on any atom is 0.231 e. The molecule has 1 aromatic carbocycles. The van der Waals surface area contributed by atoms with Crippen LogP contribution in [0.25, 0.3) is 0 Å². The average Bonchev–Trinajstić information content (AvgIpc) is 2.80. The molecule has 1 N–H and O–H groups in total. The van der Waals surface area contributed by atoms with E-state index in [0.29, 0.717) is 12.3 Å². The van der Waals surface area contributed by atoms with Gasteiger partial charge in [-0.05, 0) is 37.7 Å². The number of rotatable bonds is 6. The standard InChI is InChI=1S/C13H16FN3O/c1-15-8-2-3-12-16-13(18-17-12)9-10-4-6-11(14)7-5-10/h4-7,15H,2-3,8-9H2,1H3. The summed E-state index contributed by atoms with van der Waals surface area (Å²) in [6, 6.07) is 6.31. The molecular weight excluding hydrogens is 233 g/mol. The number of aromatic nitrogens is 2. The minimum absolute atomic E-state index is 0.239. The molecular formula is C13H16FN3O. The molecule has 1 heterocycles. The second-order valence-electron chi connectivity index (χ2n) is 4.11. The third-order valence-corrected chi connectivity index (χ3v) is 2.61. The molecule has 5 heteroatoms. The van der Waals surface area contributed by atoms with Crippen molar-refractivity contribution in [2.45, 2.75) is 19.3 Å². The smallest absolute Gasteiger partial charge is 0.231 e. The summed E-state index contributed by atoms with van der Waals surface area (Å²) in [5, 5.41) is 6.98. The van der Waals surface area contributed by atoms with Crippen LogP contribution in [0.2, 0.25) is 0 Å². The number of hydrogen-bond donors (Lipinski definition) is 1. The minimum atomic E-state index is -0.239. The van der Waals surface area contributed by atoms with Gasteiger partial charge in [0.15, 0.2) is 5.82 Å². The van der Waals surface area contributed by atoms with E-state index in [4.69, 9.17) is 4.52 Å². The predicted octanol–water partition coefficient (Wildman–Crippen LogP) is 1.95. The third kappa shape index (κ3) is 3.63. The van der Waals surface area contributed by atoms with Crippen molar-refractivity contribution in [1.29, 1.82) is 0 Å². The van der Waals surface area contributed by atoms with Gasteiger partial charge in [-0.3, -0.25) is 0 Å². The Balaban J connectivity index is 1.91. The van der Waals surface area contributed by atoms with Crippen molar-refractivity contribution in [1.82, 2.24) is 15.5 Å². The molecule has 0 fully saturated rings. The average molecular weight is 249 g/mol. The lowest BCUT2D eigenvalue weighted by Crippen LogP contribution is -2.08. The molecule has 18 heavy (non-hydrogen) atoms. The highest BCUT2D eigenvalue weighted by Gasteiger charge is 2.06. The lowest BCUT2D eigenvalue weighted by Gasteiger charge is -1.95. The van der Waals surface area contributed by atoms with Crippen molar-refractivity contribution in [2.24, 2.45) is 0 Å². The van der Waals surface area contributed by atoms with Gasteiger partial charge < -0.3 is 9.84 Å². The topological polar surface area (TPSA) is 51.0 Å². The van der Waals surface area contributed by atoms with E-state index in [2.05, 4.69) is 15.5 Å². The summed E-state index contributed by atoms with van der Waals surface area (Å²) < 4.78 is 17.9. The van der Waals surface area contributed by atoms with Crippen LogP contribution in [0.4, 0.5) is 4.39 Å². The van der Waals surface area contributed by atoms with E-state index in [1.165, 1.54) is 12.1 Å². The molecule has 4 nitrogen and oxygen atoms in total. The Labute approximate surface area is 105 Å². The Hall–Kier alpha value is -1.75. The van der Waals surface area contributed by atoms with Crippen LogP contribution >= 0.6 is 0 Å². The summed E-state index contributed by atoms with van der Waals surface area (Å²) in [5.41, 5.74) is 0.960. The van der Waals surface area contributed by atoms with E-state index in [0.717, 1.165) is 30.8 Å². The second kappa shape index (κ2) is 6.26. The Kier molecular flexibility index (Phi) is 4.41. The normalized spacial score (nSPS) is 10.8. The van der Waals surface area contributed by atoms with Crippen molar-refractivity contribution in [2.75, 3.05) is 13.6 Å². The molecule has 0 saturated carbocycles. The van der Waals surface area contributed by atoms with Crippen LogP contribution in [0.3, 0.4) is 0 Å². The molecule has 0 spiro atoms. The summed E-state index contributed by atoms with van der Waals surface area (Å²) in [7, 11) is 1.91. The van der Waals surface area contributed by atoms with E-state index in [1.54, 1.807) is 12.1 Å². The van der Waals surface area contributed by atoms with E-state index < -0.39 is 0 Å². The number of benzene rings is 1. The van der Waals surface area contributed by atoms with Crippen LogP contribution in [0.1, 0.15) is 23.7 Å². The van der Waals surface area contributed by atoms with Gasteiger partial charge in [-0.2, -0.15) is 4.98 Å². The molecule has 0 unspecified atom stereocenters. The molecule has 1 aromatic heterocycles. The Morgan fingerprint density at radius 1 is 1.28 bits per heavy atom. The summed E-state index contributed by atoms with van der Waals surface area (Å²) in [6.07, 6.45) is 2.32. The largest absolute Gasteiger partial charge is 0.339 e. The first-order chi connectivity index (χ1) is 8.78. The lowest BCUT2D eigenvalue weighted by molar-refractivity contribution is 0.379. The highest BCUT2D eigenvalue weighted by Crippen LogP contribution is 2.09. The highest BCUT2D eigenvalue weighted by molar-refractivity contribution is 5.19. The van der Waals surface area contributed by atoms with Gasteiger partial charge in [0.05, 0.1) is 6.42 Å². The first-order valence-corrected chi connectivity index (χ1v) is 5.98. The van der Waals surface area contributed by atoms with Crippen molar-refractivity contribution < 1.29 is 8.91 Å². The minimum Gasteiger partial charge on any atom is -0.339 e. The van der Waals surface area contributed by atoms with Crippen LogP contribution in [0, 0.1) is 5.82 Å². The molecule has 0 aliphatic carbocycles. The third-order valence-electron chi connectivity index (χ3n) is 2.61. The van der Waals surface area contributed by atoms with Crippen LogP contribution in [0.5, 0.6) is 0 Å². The van der Waals surface area contributed by atoms with Crippen LogP contribution in [-0.4, -0.2) is 23.7 Å². The zero-order chi connectivity index (χ0) is 12.8. The summed E-state index contributed by atoms with van der Waals surface area (Å²) in [6.45, 7) is 0.932.